The van der Waals surface area contributed by atoms with E-state index in [-0.39, 0.29) is 36.9 Å². The predicted octanol–water partition coefficient (Wildman–Crippen LogP) is 2.13. The quantitative estimate of drug-likeness (QED) is 0.408. The zero-order valence-corrected chi connectivity index (χ0v) is 16.1. The van der Waals surface area contributed by atoms with Crippen LogP contribution in [0.4, 0.5) is 10.5 Å². The van der Waals surface area contributed by atoms with E-state index in [4.69, 9.17) is 6.42 Å². The van der Waals surface area contributed by atoms with Crippen molar-refractivity contribution in [3.05, 3.63) is 29.8 Å². The predicted molar refractivity (Wildman–Crippen MR) is 109 cm³/mol. The molecule has 0 heterocycles. The summed E-state index contributed by atoms with van der Waals surface area (Å²) in [5.74, 6) is 1.93. The topological polar surface area (TPSA) is 99.3 Å². The highest BCUT2D eigenvalue weighted by Crippen LogP contribution is 2.17. The summed E-state index contributed by atoms with van der Waals surface area (Å²) in [5, 5.41) is 11.0. The molecule has 0 aliphatic heterocycles. The Balaban J connectivity index is 1.55. The average Bonchev–Trinajstić information content (AvgIpc) is 2.70. The first-order valence-electron chi connectivity index (χ1n) is 9.74. The van der Waals surface area contributed by atoms with E-state index in [9.17, 15) is 14.4 Å². The van der Waals surface area contributed by atoms with Gasteiger partial charge in [-0.15, -0.1) is 6.42 Å². The molecule has 1 fully saturated rings. The lowest BCUT2D eigenvalue weighted by molar-refractivity contribution is -0.124. The third kappa shape index (κ3) is 8.12. The number of carbonyl (C=O) groups excluding carboxylic acids is 3. The van der Waals surface area contributed by atoms with Crippen molar-refractivity contribution in [2.24, 2.45) is 0 Å². The van der Waals surface area contributed by atoms with Gasteiger partial charge in [-0.25, -0.2) is 4.79 Å². The Morgan fingerprint density at radius 3 is 2.61 bits per heavy atom. The van der Waals surface area contributed by atoms with E-state index < -0.39 is 0 Å². The molecule has 1 aliphatic carbocycles. The summed E-state index contributed by atoms with van der Waals surface area (Å²) >= 11 is 0. The molecule has 150 valence electrons. The molecule has 1 aliphatic rings. The second kappa shape index (κ2) is 11.7. The molecule has 7 nitrogen and oxygen atoms in total. The van der Waals surface area contributed by atoms with Crippen molar-refractivity contribution in [2.45, 2.75) is 51.0 Å². The van der Waals surface area contributed by atoms with E-state index in [2.05, 4.69) is 27.2 Å². The molecule has 7 heteroatoms. The summed E-state index contributed by atoms with van der Waals surface area (Å²) in [7, 11) is 0. The van der Waals surface area contributed by atoms with Gasteiger partial charge in [0.1, 0.15) is 0 Å². The van der Waals surface area contributed by atoms with Crippen molar-refractivity contribution < 1.29 is 14.4 Å². The Labute approximate surface area is 166 Å². The summed E-state index contributed by atoms with van der Waals surface area (Å²) in [6, 6.07) is 7.01. The van der Waals surface area contributed by atoms with E-state index >= 15 is 0 Å². The van der Waals surface area contributed by atoms with Crippen molar-refractivity contribution in [3.63, 3.8) is 0 Å². The number of terminal acetylenes is 1. The third-order valence-electron chi connectivity index (χ3n) is 4.57. The maximum Gasteiger partial charge on any atom is 0.315 e. The van der Waals surface area contributed by atoms with Crippen molar-refractivity contribution in [1.82, 2.24) is 16.0 Å². The van der Waals surface area contributed by atoms with Crippen LogP contribution in [0.25, 0.3) is 0 Å². The van der Waals surface area contributed by atoms with Crippen LogP contribution >= 0.6 is 0 Å². The maximum absolute atomic E-state index is 11.9. The summed E-state index contributed by atoms with van der Waals surface area (Å²) in [5.41, 5.74) is 1.25. The highest BCUT2D eigenvalue weighted by Gasteiger charge is 2.15. The molecule has 1 aromatic carbocycles. The number of amides is 4. The summed E-state index contributed by atoms with van der Waals surface area (Å²) in [6.07, 6.45) is 11.7. The lowest BCUT2D eigenvalue weighted by Gasteiger charge is -2.22. The van der Waals surface area contributed by atoms with Crippen LogP contribution in [0.15, 0.2) is 24.3 Å². The van der Waals surface area contributed by atoms with Crippen molar-refractivity contribution in [3.8, 4) is 12.3 Å². The summed E-state index contributed by atoms with van der Waals surface area (Å²) in [4.78, 5) is 35.5. The fourth-order valence-electron chi connectivity index (χ4n) is 3.09. The van der Waals surface area contributed by atoms with Crippen molar-refractivity contribution in [1.29, 1.82) is 0 Å². The number of benzene rings is 1. The number of urea groups is 1. The third-order valence-corrected chi connectivity index (χ3v) is 4.57. The Kier molecular flexibility index (Phi) is 8.86. The number of anilines is 1. The number of rotatable bonds is 8. The summed E-state index contributed by atoms with van der Waals surface area (Å²) < 4.78 is 0. The van der Waals surface area contributed by atoms with E-state index in [1.165, 1.54) is 6.42 Å². The molecule has 1 aromatic rings. The first kappa shape index (κ1) is 21.3. The van der Waals surface area contributed by atoms with Crippen LogP contribution < -0.4 is 21.3 Å². The second-order valence-corrected chi connectivity index (χ2v) is 6.89. The minimum Gasteiger partial charge on any atom is -0.347 e. The molecular formula is C21H28N4O3. The summed E-state index contributed by atoms with van der Waals surface area (Å²) in [6.45, 7) is 0.297. The van der Waals surface area contributed by atoms with Gasteiger partial charge in [0.15, 0.2) is 0 Å². The van der Waals surface area contributed by atoms with Gasteiger partial charge in [0.2, 0.25) is 11.8 Å². The molecule has 0 saturated heterocycles. The minimum absolute atomic E-state index is 0.116. The smallest absolute Gasteiger partial charge is 0.315 e. The first-order chi connectivity index (χ1) is 13.6. The Bertz CT molecular complexity index is 721. The van der Waals surface area contributed by atoms with Crippen LogP contribution in [0.5, 0.6) is 0 Å². The van der Waals surface area contributed by atoms with Crippen LogP contribution in [0.3, 0.4) is 0 Å². The highest BCUT2D eigenvalue weighted by atomic mass is 16.2. The lowest BCUT2D eigenvalue weighted by Crippen LogP contribution is -2.43. The molecule has 4 amide bonds. The normalized spacial score (nSPS) is 13.8. The SMILES string of the molecule is C#Cc1cccc(NC(=O)CNC(=O)CCCNC(=O)NC2CCCCC2)c1. The molecule has 0 aromatic heterocycles. The fourth-order valence-corrected chi connectivity index (χ4v) is 3.09. The second-order valence-electron chi connectivity index (χ2n) is 6.89. The van der Waals surface area contributed by atoms with Gasteiger partial charge in [0.25, 0.3) is 0 Å². The van der Waals surface area contributed by atoms with Gasteiger partial charge in [0, 0.05) is 30.3 Å². The zero-order chi connectivity index (χ0) is 20.2. The van der Waals surface area contributed by atoms with Crippen LogP contribution in [0, 0.1) is 12.3 Å². The number of nitrogens with one attached hydrogen (secondary N) is 4. The zero-order valence-electron chi connectivity index (χ0n) is 16.1. The standard InChI is InChI=1S/C21H28N4O3/c1-2-16-8-6-11-18(14-16)24-20(27)15-23-19(26)12-7-13-22-21(28)25-17-9-4-3-5-10-17/h1,6,8,11,14,17H,3-5,7,9-10,12-13,15H2,(H,23,26)(H,24,27)(H2,22,25,28). The molecule has 0 bridgehead atoms. The van der Waals surface area contributed by atoms with E-state index in [0.29, 0.717) is 24.2 Å². The highest BCUT2D eigenvalue weighted by molar-refractivity contribution is 5.94. The first-order valence-corrected chi connectivity index (χ1v) is 9.74. The molecule has 1 saturated carbocycles. The Morgan fingerprint density at radius 2 is 1.86 bits per heavy atom. The minimum atomic E-state index is -0.326. The van der Waals surface area contributed by atoms with Gasteiger partial charge in [-0.3, -0.25) is 9.59 Å². The van der Waals surface area contributed by atoms with Crippen LogP contribution in [-0.2, 0) is 9.59 Å². The van der Waals surface area contributed by atoms with Crippen LogP contribution in [0.1, 0.15) is 50.5 Å². The van der Waals surface area contributed by atoms with Gasteiger partial charge >= 0.3 is 6.03 Å². The van der Waals surface area contributed by atoms with E-state index in [1.54, 1.807) is 24.3 Å². The molecule has 4 N–H and O–H groups in total. The van der Waals surface area contributed by atoms with Crippen LogP contribution in [-0.4, -0.2) is 37.0 Å². The van der Waals surface area contributed by atoms with E-state index in [0.717, 1.165) is 25.7 Å². The lowest BCUT2D eigenvalue weighted by atomic mass is 9.96. The number of carbonyl (C=O) groups is 3. The van der Waals surface area contributed by atoms with Gasteiger partial charge in [-0.2, -0.15) is 0 Å². The van der Waals surface area contributed by atoms with Gasteiger partial charge in [-0.05, 0) is 37.5 Å². The molecule has 0 unspecified atom stereocenters. The monoisotopic (exact) mass is 384 g/mol. The molecular weight excluding hydrogens is 356 g/mol. The molecule has 2 rings (SSSR count). The maximum atomic E-state index is 11.9. The fraction of sp³-hybridized carbons (Fsp3) is 0.476. The average molecular weight is 384 g/mol. The largest absolute Gasteiger partial charge is 0.347 e. The number of hydrogen-bond donors (Lipinski definition) is 4. The Morgan fingerprint density at radius 1 is 1.07 bits per heavy atom. The molecule has 0 spiro atoms. The van der Waals surface area contributed by atoms with Gasteiger partial charge in [-0.1, -0.05) is 31.2 Å². The van der Waals surface area contributed by atoms with Crippen LogP contribution in [0.2, 0.25) is 0 Å². The molecule has 0 atom stereocenters. The van der Waals surface area contributed by atoms with Crippen molar-refractivity contribution >= 4 is 23.5 Å². The number of hydrogen-bond acceptors (Lipinski definition) is 3. The van der Waals surface area contributed by atoms with Gasteiger partial charge in [0.05, 0.1) is 6.54 Å². The van der Waals surface area contributed by atoms with Crippen molar-refractivity contribution in [2.75, 3.05) is 18.4 Å². The molecule has 28 heavy (non-hydrogen) atoms. The van der Waals surface area contributed by atoms with E-state index in [1.807, 2.05) is 0 Å². The molecule has 0 radical (unpaired) electrons. The Hall–Kier alpha value is -3.01. The van der Waals surface area contributed by atoms with Gasteiger partial charge < -0.3 is 21.3 Å².